The van der Waals surface area contributed by atoms with Gasteiger partial charge in [0.15, 0.2) is 23.9 Å². The van der Waals surface area contributed by atoms with Gasteiger partial charge in [-0.2, -0.15) is 0 Å². The number of hydrogen-bond donors (Lipinski definition) is 0. The van der Waals surface area contributed by atoms with Crippen molar-refractivity contribution in [3.8, 4) is 11.5 Å². The maximum Gasteiger partial charge on any atom is 0.260 e. The maximum absolute atomic E-state index is 12.6. The van der Waals surface area contributed by atoms with Crippen LogP contribution in [-0.2, 0) is 16.0 Å². The van der Waals surface area contributed by atoms with Crippen molar-refractivity contribution in [1.29, 1.82) is 0 Å². The average molecular weight is 407 g/mol. The van der Waals surface area contributed by atoms with Crippen LogP contribution in [0.2, 0.25) is 0 Å². The van der Waals surface area contributed by atoms with E-state index in [0.717, 1.165) is 22.3 Å². The van der Waals surface area contributed by atoms with Gasteiger partial charge in [0.2, 0.25) is 0 Å². The van der Waals surface area contributed by atoms with Crippen LogP contribution in [0.3, 0.4) is 0 Å². The molecule has 1 saturated heterocycles. The van der Waals surface area contributed by atoms with Crippen LogP contribution < -0.4 is 9.47 Å². The summed E-state index contributed by atoms with van der Waals surface area (Å²) < 4.78 is 16.8. The summed E-state index contributed by atoms with van der Waals surface area (Å²) in [4.78, 5) is 26.7. The molecule has 0 bridgehead atoms. The molecule has 1 fully saturated rings. The highest BCUT2D eigenvalue weighted by Crippen LogP contribution is 2.32. The van der Waals surface area contributed by atoms with Crippen LogP contribution in [0, 0.1) is 0 Å². The third-order valence-corrected chi connectivity index (χ3v) is 5.26. The first-order valence-electron chi connectivity index (χ1n) is 10.2. The van der Waals surface area contributed by atoms with E-state index in [0.29, 0.717) is 50.8 Å². The molecule has 0 unspecified atom stereocenters. The van der Waals surface area contributed by atoms with Crippen LogP contribution >= 0.6 is 0 Å². The normalized spacial score (nSPS) is 17.2. The molecule has 1 aliphatic heterocycles. The number of Topliss-reactive ketones (excluding diaryl/α,β-unsaturated/α-hetero) is 1. The smallest absolute Gasteiger partial charge is 0.260 e. The lowest BCUT2D eigenvalue weighted by atomic mass is 10.1. The minimum absolute atomic E-state index is 0.0473. The highest BCUT2D eigenvalue weighted by molar-refractivity contribution is 6.15. The highest BCUT2D eigenvalue weighted by Gasteiger charge is 2.24. The fraction of sp³-hybridized carbons (Fsp3) is 0.333. The summed E-state index contributed by atoms with van der Waals surface area (Å²) in [7, 11) is 0. The van der Waals surface area contributed by atoms with E-state index in [1.165, 1.54) is 0 Å². The average Bonchev–Trinajstić information content (AvgIpc) is 3.09. The first-order chi connectivity index (χ1) is 14.7. The molecule has 30 heavy (non-hydrogen) atoms. The molecule has 4 rings (SSSR count). The molecule has 2 aromatic carbocycles. The van der Waals surface area contributed by atoms with E-state index in [1.54, 1.807) is 11.0 Å². The van der Waals surface area contributed by atoms with Crippen molar-refractivity contribution >= 4 is 17.8 Å². The fourth-order valence-electron chi connectivity index (χ4n) is 3.72. The molecule has 156 valence electrons. The Morgan fingerprint density at radius 3 is 2.67 bits per heavy atom. The number of ketones is 1. The SMILES string of the molecule is CCOc1cc(/C=C2\Cc3ccccc3C2=O)ccc1OCC(=O)N1CCOCC1. The summed E-state index contributed by atoms with van der Waals surface area (Å²) in [5.74, 6) is 1.08. The topological polar surface area (TPSA) is 65.1 Å². The molecule has 6 nitrogen and oxygen atoms in total. The number of benzene rings is 2. The second-order valence-corrected chi connectivity index (χ2v) is 7.25. The zero-order valence-corrected chi connectivity index (χ0v) is 17.1. The Hall–Kier alpha value is -3.12. The molecule has 1 heterocycles. The molecule has 1 aliphatic carbocycles. The molecule has 0 radical (unpaired) electrons. The lowest BCUT2D eigenvalue weighted by Crippen LogP contribution is -2.43. The van der Waals surface area contributed by atoms with Gasteiger partial charge in [-0.1, -0.05) is 30.3 Å². The third kappa shape index (κ3) is 4.39. The van der Waals surface area contributed by atoms with Crippen molar-refractivity contribution < 1.29 is 23.8 Å². The summed E-state index contributed by atoms with van der Waals surface area (Å²) in [6.07, 6.45) is 2.53. The Kier molecular flexibility index (Phi) is 6.14. The van der Waals surface area contributed by atoms with Crippen LogP contribution in [0.25, 0.3) is 6.08 Å². The van der Waals surface area contributed by atoms with Gasteiger partial charge in [0.25, 0.3) is 5.91 Å². The van der Waals surface area contributed by atoms with Crippen molar-refractivity contribution in [3.05, 3.63) is 64.7 Å². The molecular weight excluding hydrogens is 382 g/mol. The van der Waals surface area contributed by atoms with Gasteiger partial charge in [-0.25, -0.2) is 0 Å². The van der Waals surface area contributed by atoms with Crippen molar-refractivity contribution in [2.75, 3.05) is 39.5 Å². The molecule has 0 saturated carbocycles. The first kappa shape index (κ1) is 20.2. The van der Waals surface area contributed by atoms with Crippen molar-refractivity contribution in [2.45, 2.75) is 13.3 Å². The van der Waals surface area contributed by atoms with Crippen LogP contribution in [0.1, 0.15) is 28.4 Å². The molecule has 0 N–H and O–H groups in total. The quantitative estimate of drug-likeness (QED) is 0.689. The van der Waals surface area contributed by atoms with Crippen molar-refractivity contribution in [2.24, 2.45) is 0 Å². The molecule has 2 aliphatic rings. The Bertz CT molecular complexity index is 975. The van der Waals surface area contributed by atoms with Gasteiger partial charge < -0.3 is 19.1 Å². The van der Waals surface area contributed by atoms with Gasteiger partial charge >= 0.3 is 0 Å². The number of carbonyl (C=O) groups excluding carboxylic acids is 2. The number of morpholine rings is 1. The Labute approximate surface area is 176 Å². The van der Waals surface area contributed by atoms with Crippen LogP contribution in [0.15, 0.2) is 48.0 Å². The number of hydrogen-bond acceptors (Lipinski definition) is 5. The predicted molar refractivity (Wildman–Crippen MR) is 113 cm³/mol. The van der Waals surface area contributed by atoms with Crippen LogP contribution in [0.4, 0.5) is 0 Å². The minimum atomic E-state index is -0.0683. The highest BCUT2D eigenvalue weighted by atomic mass is 16.5. The number of fused-ring (bicyclic) bond motifs is 1. The van der Waals surface area contributed by atoms with Crippen molar-refractivity contribution in [3.63, 3.8) is 0 Å². The van der Waals surface area contributed by atoms with Crippen LogP contribution in [-0.4, -0.2) is 56.1 Å². The molecule has 0 atom stereocenters. The molecular formula is C24H25NO5. The summed E-state index contributed by atoms with van der Waals surface area (Å²) in [5.41, 5.74) is 3.45. The second-order valence-electron chi connectivity index (χ2n) is 7.25. The minimum Gasteiger partial charge on any atom is -0.490 e. The van der Waals surface area contributed by atoms with Crippen LogP contribution in [0.5, 0.6) is 11.5 Å². The summed E-state index contributed by atoms with van der Waals surface area (Å²) >= 11 is 0. The number of amides is 1. The predicted octanol–water partition coefficient (Wildman–Crippen LogP) is 3.15. The number of ether oxygens (including phenoxy) is 3. The number of nitrogens with zero attached hydrogens (tertiary/aromatic N) is 1. The van der Waals surface area contributed by atoms with E-state index in [1.807, 2.05) is 49.4 Å². The lowest BCUT2D eigenvalue weighted by Gasteiger charge is -2.26. The van der Waals surface area contributed by atoms with Gasteiger partial charge in [0.05, 0.1) is 19.8 Å². The van der Waals surface area contributed by atoms with Gasteiger partial charge in [0.1, 0.15) is 0 Å². The summed E-state index contributed by atoms with van der Waals surface area (Å²) in [6.45, 7) is 4.61. The molecule has 0 aromatic heterocycles. The number of carbonyl (C=O) groups is 2. The monoisotopic (exact) mass is 407 g/mol. The van der Waals surface area contributed by atoms with Gasteiger partial charge in [-0.05, 0) is 36.3 Å². The van der Waals surface area contributed by atoms with Crippen molar-refractivity contribution in [1.82, 2.24) is 4.90 Å². The Morgan fingerprint density at radius 2 is 1.90 bits per heavy atom. The summed E-state index contributed by atoms with van der Waals surface area (Å²) in [5, 5.41) is 0. The van der Waals surface area contributed by atoms with E-state index >= 15 is 0 Å². The largest absolute Gasteiger partial charge is 0.490 e. The standard InChI is InChI=1S/C24H25NO5/c1-2-29-22-14-17(13-19-15-18-5-3-4-6-20(18)24(19)27)7-8-21(22)30-16-23(26)25-9-11-28-12-10-25/h3-8,13-14H,2,9-12,15-16H2,1H3/b19-13+. The number of rotatable bonds is 6. The van der Waals surface area contributed by atoms with E-state index in [4.69, 9.17) is 14.2 Å². The molecule has 6 heteroatoms. The zero-order chi connectivity index (χ0) is 20.9. The maximum atomic E-state index is 12.6. The zero-order valence-electron chi connectivity index (χ0n) is 17.1. The number of allylic oxidation sites excluding steroid dienone is 1. The second kappa shape index (κ2) is 9.13. The van der Waals surface area contributed by atoms with Gasteiger partial charge in [-0.15, -0.1) is 0 Å². The van der Waals surface area contributed by atoms with E-state index in [9.17, 15) is 9.59 Å². The summed E-state index contributed by atoms with van der Waals surface area (Å²) in [6, 6.07) is 13.2. The fourth-order valence-corrected chi connectivity index (χ4v) is 3.72. The Balaban J connectivity index is 1.48. The van der Waals surface area contributed by atoms with E-state index in [2.05, 4.69) is 0 Å². The molecule has 2 aromatic rings. The molecule has 0 spiro atoms. The van der Waals surface area contributed by atoms with Gasteiger partial charge in [-0.3, -0.25) is 9.59 Å². The van der Waals surface area contributed by atoms with Gasteiger partial charge in [0, 0.05) is 30.6 Å². The Morgan fingerprint density at radius 1 is 1.10 bits per heavy atom. The third-order valence-electron chi connectivity index (χ3n) is 5.26. The van der Waals surface area contributed by atoms with E-state index in [-0.39, 0.29) is 18.3 Å². The van der Waals surface area contributed by atoms with E-state index < -0.39 is 0 Å². The first-order valence-corrected chi connectivity index (χ1v) is 10.2. The lowest BCUT2D eigenvalue weighted by molar-refractivity contribution is -0.137. The molecule has 1 amide bonds.